The van der Waals surface area contributed by atoms with E-state index in [4.69, 9.17) is 24.7 Å². The fraction of sp³-hybridized carbons (Fsp3) is 0.241. The number of carbonyl (C=O) groups excluding carboxylic acids is 1. The molecule has 3 aromatic carbocycles. The van der Waals surface area contributed by atoms with Gasteiger partial charge in [0, 0.05) is 11.6 Å². The number of hydrogen-bond acceptors (Lipinski definition) is 7. The number of hydrogen-bond donors (Lipinski definition) is 1. The van der Waals surface area contributed by atoms with Gasteiger partial charge in [0.15, 0.2) is 6.10 Å². The van der Waals surface area contributed by atoms with Crippen LogP contribution in [0.4, 0.5) is 0 Å². The van der Waals surface area contributed by atoms with E-state index >= 15 is 0 Å². The van der Waals surface area contributed by atoms with Gasteiger partial charge in [0.25, 0.3) is 0 Å². The fourth-order valence-corrected chi connectivity index (χ4v) is 4.02. The Morgan fingerprint density at radius 2 is 1.61 bits per heavy atom. The molecule has 0 saturated carbocycles. The minimum absolute atomic E-state index is 0.0100. The van der Waals surface area contributed by atoms with Crippen molar-refractivity contribution in [2.24, 2.45) is 5.73 Å². The quantitative estimate of drug-likeness (QED) is 0.353. The van der Waals surface area contributed by atoms with E-state index in [0.29, 0.717) is 28.7 Å². The Morgan fingerprint density at radius 1 is 0.972 bits per heavy atom. The first kappa shape index (κ1) is 24.7. The normalized spacial score (nSPS) is 15.4. The Hall–Kier alpha value is -4.44. The number of nitrogens with two attached hydrogens (primary N) is 1. The van der Waals surface area contributed by atoms with Crippen molar-refractivity contribution in [3.05, 3.63) is 94.9 Å². The highest BCUT2D eigenvalue weighted by Crippen LogP contribution is 2.43. The lowest BCUT2D eigenvalue weighted by atomic mass is 9.83. The summed E-state index contributed by atoms with van der Waals surface area (Å²) >= 11 is 0. The van der Waals surface area contributed by atoms with E-state index in [2.05, 4.69) is 19.9 Å². The van der Waals surface area contributed by atoms with Crippen LogP contribution in [-0.4, -0.2) is 19.2 Å². The number of esters is 1. The molecule has 0 aromatic heterocycles. The van der Waals surface area contributed by atoms with Crippen LogP contribution in [0, 0.1) is 11.3 Å². The topological polar surface area (TPSA) is 104 Å². The second-order valence-corrected chi connectivity index (χ2v) is 8.80. The summed E-state index contributed by atoms with van der Waals surface area (Å²) in [5.41, 5.74) is 9.17. The van der Waals surface area contributed by atoms with Gasteiger partial charge in [0.2, 0.25) is 5.88 Å². The summed E-state index contributed by atoms with van der Waals surface area (Å²) in [5.74, 6) is 1.43. The van der Waals surface area contributed by atoms with E-state index in [1.165, 1.54) is 5.56 Å². The van der Waals surface area contributed by atoms with Crippen molar-refractivity contribution in [3.63, 3.8) is 0 Å². The largest absolute Gasteiger partial charge is 0.497 e. The maximum atomic E-state index is 12.7. The first-order valence-corrected chi connectivity index (χ1v) is 11.6. The van der Waals surface area contributed by atoms with Crippen LogP contribution in [0.2, 0.25) is 0 Å². The van der Waals surface area contributed by atoms with E-state index in [-0.39, 0.29) is 11.6 Å². The molecule has 4 rings (SSSR count). The first-order chi connectivity index (χ1) is 17.3. The molecule has 1 aliphatic rings. The van der Waals surface area contributed by atoms with Gasteiger partial charge in [-0.3, -0.25) is 0 Å². The molecule has 7 nitrogen and oxygen atoms in total. The molecule has 0 bridgehead atoms. The standard InChI is InChI=1S/C29H28N2O5/c1-17(2)19-5-11-22(12-6-19)34-18(3)29(32)35-23-13-14-24-26(15-23)36-28(31)25(16-30)27(24)20-7-9-21(33-4)10-8-20/h5-15,17-18,27H,31H2,1-4H3. The number of ether oxygens (including phenoxy) is 4. The number of methoxy groups -OCH3 is 1. The molecule has 2 N–H and O–H groups in total. The average Bonchev–Trinajstić information content (AvgIpc) is 2.88. The molecule has 0 aliphatic carbocycles. The van der Waals surface area contributed by atoms with Crippen LogP contribution in [-0.2, 0) is 4.79 Å². The molecule has 36 heavy (non-hydrogen) atoms. The van der Waals surface area contributed by atoms with E-state index in [1.807, 2.05) is 48.5 Å². The number of nitrogens with zero attached hydrogens (tertiary/aromatic N) is 1. The molecule has 2 atom stereocenters. The first-order valence-electron chi connectivity index (χ1n) is 11.6. The third kappa shape index (κ3) is 5.13. The lowest BCUT2D eigenvalue weighted by Gasteiger charge is -2.27. The molecule has 0 radical (unpaired) electrons. The van der Waals surface area contributed by atoms with Gasteiger partial charge in [0.1, 0.15) is 34.6 Å². The summed E-state index contributed by atoms with van der Waals surface area (Å²) < 4.78 is 22.3. The molecular weight excluding hydrogens is 456 g/mol. The van der Waals surface area contributed by atoms with Gasteiger partial charge in [0.05, 0.1) is 13.0 Å². The van der Waals surface area contributed by atoms with Crippen LogP contribution < -0.4 is 24.7 Å². The van der Waals surface area contributed by atoms with Gasteiger partial charge in [-0.25, -0.2) is 4.79 Å². The molecule has 0 amide bonds. The zero-order valence-electron chi connectivity index (χ0n) is 20.6. The summed E-state index contributed by atoms with van der Waals surface area (Å²) in [6.45, 7) is 5.86. The van der Waals surface area contributed by atoms with Gasteiger partial charge < -0.3 is 24.7 Å². The van der Waals surface area contributed by atoms with Crippen LogP contribution in [0.1, 0.15) is 49.3 Å². The number of allylic oxidation sites excluding steroid dienone is 1. The van der Waals surface area contributed by atoms with Crippen LogP contribution in [0.25, 0.3) is 0 Å². The Morgan fingerprint density at radius 3 is 2.22 bits per heavy atom. The van der Waals surface area contributed by atoms with Gasteiger partial charge in [-0.05, 0) is 54.3 Å². The third-order valence-corrected chi connectivity index (χ3v) is 6.05. The molecule has 1 aliphatic heterocycles. The molecule has 2 unspecified atom stereocenters. The zero-order valence-corrected chi connectivity index (χ0v) is 20.6. The SMILES string of the molecule is COc1ccc(C2C(C#N)=C(N)Oc3cc(OC(=O)C(C)Oc4ccc(C(C)C)cc4)ccc32)cc1. The summed E-state index contributed by atoms with van der Waals surface area (Å²) in [6.07, 6.45) is -0.825. The highest BCUT2D eigenvalue weighted by atomic mass is 16.6. The number of fused-ring (bicyclic) bond motifs is 1. The molecule has 184 valence electrons. The second-order valence-electron chi connectivity index (χ2n) is 8.80. The number of rotatable bonds is 7. The number of carbonyl (C=O) groups is 1. The average molecular weight is 485 g/mol. The summed E-state index contributed by atoms with van der Waals surface area (Å²) in [5, 5.41) is 9.74. The Bertz CT molecular complexity index is 1320. The molecule has 7 heteroatoms. The number of benzene rings is 3. The molecule has 1 heterocycles. The van der Waals surface area contributed by atoms with Crippen molar-refractivity contribution in [2.75, 3.05) is 7.11 Å². The van der Waals surface area contributed by atoms with E-state index in [9.17, 15) is 10.1 Å². The Labute approximate surface area is 210 Å². The van der Waals surface area contributed by atoms with Crippen LogP contribution in [0.3, 0.4) is 0 Å². The van der Waals surface area contributed by atoms with Gasteiger partial charge in [-0.2, -0.15) is 5.26 Å². The highest BCUT2D eigenvalue weighted by Gasteiger charge is 2.31. The monoisotopic (exact) mass is 484 g/mol. The van der Waals surface area contributed by atoms with Gasteiger partial charge >= 0.3 is 5.97 Å². The van der Waals surface area contributed by atoms with Crippen molar-refractivity contribution < 1.29 is 23.7 Å². The molecule has 0 spiro atoms. The molecule has 0 fully saturated rings. The summed E-state index contributed by atoms with van der Waals surface area (Å²) in [6, 6.07) is 22.2. The zero-order chi connectivity index (χ0) is 25.8. The van der Waals surface area contributed by atoms with Crippen LogP contribution in [0.5, 0.6) is 23.0 Å². The van der Waals surface area contributed by atoms with Crippen molar-refractivity contribution in [1.29, 1.82) is 5.26 Å². The minimum atomic E-state index is -0.825. The van der Waals surface area contributed by atoms with E-state index in [0.717, 1.165) is 11.1 Å². The van der Waals surface area contributed by atoms with Crippen molar-refractivity contribution in [3.8, 4) is 29.1 Å². The minimum Gasteiger partial charge on any atom is -0.497 e. The maximum absolute atomic E-state index is 12.7. The summed E-state index contributed by atoms with van der Waals surface area (Å²) in [7, 11) is 1.59. The van der Waals surface area contributed by atoms with E-state index in [1.54, 1.807) is 32.2 Å². The van der Waals surface area contributed by atoms with Crippen LogP contribution >= 0.6 is 0 Å². The molecular formula is C29H28N2O5. The highest BCUT2D eigenvalue weighted by molar-refractivity contribution is 5.77. The van der Waals surface area contributed by atoms with Crippen molar-refractivity contribution in [2.45, 2.75) is 38.7 Å². The maximum Gasteiger partial charge on any atom is 0.352 e. The Balaban J connectivity index is 1.52. The third-order valence-electron chi connectivity index (χ3n) is 6.05. The molecule has 3 aromatic rings. The number of nitriles is 1. The smallest absolute Gasteiger partial charge is 0.352 e. The van der Waals surface area contributed by atoms with E-state index < -0.39 is 18.0 Å². The predicted octanol–water partition coefficient (Wildman–Crippen LogP) is 5.41. The Kier molecular flexibility index (Phi) is 7.16. The fourth-order valence-electron chi connectivity index (χ4n) is 4.02. The molecule has 0 saturated heterocycles. The summed E-state index contributed by atoms with van der Waals surface area (Å²) in [4.78, 5) is 12.7. The van der Waals surface area contributed by atoms with Gasteiger partial charge in [-0.15, -0.1) is 0 Å². The second kappa shape index (κ2) is 10.4. The van der Waals surface area contributed by atoms with Gasteiger partial charge in [-0.1, -0.05) is 44.2 Å². The van der Waals surface area contributed by atoms with Crippen LogP contribution in [0.15, 0.2) is 78.2 Å². The lowest BCUT2D eigenvalue weighted by molar-refractivity contribution is -0.141. The predicted molar refractivity (Wildman–Crippen MR) is 135 cm³/mol. The van der Waals surface area contributed by atoms with Crippen molar-refractivity contribution >= 4 is 5.97 Å². The van der Waals surface area contributed by atoms with Crippen molar-refractivity contribution in [1.82, 2.24) is 0 Å². The lowest BCUT2D eigenvalue weighted by Crippen LogP contribution is -2.28.